The monoisotopic (exact) mass is 259 g/mol. The minimum Gasteiger partial charge on any atom is -0.393 e. The van der Waals surface area contributed by atoms with Crippen molar-refractivity contribution in [2.24, 2.45) is 23.7 Å². The van der Waals surface area contributed by atoms with Gasteiger partial charge in [0, 0.05) is 6.04 Å². The number of carbonyl (C=O) groups is 2. The van der Waals surface area contributed by atoms with Gasteiger partial charge in [0.2, 0.25) is 11.8 Å². The molecule has 0 spiro atoms. The van der Waals surface area contributed by atoms with Gasteiger partial charge >= 0.3 is 0 Å². The molecular weight excluding hydrogens is 242 g/mol. The number of carbonyl (C=O) groups excluding carboxylic acids is 2. The van der Waals surface area contributed by atoms with E-state index in [0.717, 1.165) is 19.3 Å². The van der Waals surface area contributed by atoms with Crippen LogP contribution in [0.25, 0.3) is 0 Å². The molecule has 4 heteroatoms. The summed E-state index contributed by atoms with van der Waals surface area (Å²) in [7, 11) is 0. The third kappa shape index (κ3) is 1.43. The lowest BCUT2D eigenvalue weighted by atomic mass is 9.91. The first kappa shape index (κ1) is 11.4. The Labute approximate surface area is 111 Å². The Kier molecular flexibility index (Phi) is 2.28. The highest BCUT2D eigenvalue weighted by molar-refractivity contribution is 6.07. The molecule has 4 aliphatic rings. The third-order valence-electron chi connectivity index (χ3n) is 5.29. The van der Waals surface area contributed by atoms with Crippen LogP contribution in [0.15, 0.2) is 24.3 Å². The summed E-state index contributed by atoms with van der Waals surface area (Å²) in [6.45, 7) is 0. The van der Waals surface area contributed by atoms with E-state index in [4.69, 9.17) is 0 Å². The Balaban J connectivity index is 1.63. The highest BCUT2D eigenvalue weighted by atomic mass is 16.3. The molecule has 2 bridgehead atoms. The van der Waals surface area contributed by atoms with Crippen molar-refractivity contribution in [1.82, 2.24) is 4.90 Å². The Morgan fingerprint density at radius 1 is 0.947 bits per heavy atom. The number of aliphatic hydroxyl groups is 1. The average molecular weight is 259 g/mol. The lowest BCUT2D eigenvalue weighted by molar-refractivity contribution is -0.143. The fourth-order valence-corrected chi connectivity index (χ4v) is 4.37. The largest absolute Gasteiger partial charge is 0.393 e. The van der Waals surface area contributed by atoms with Crippen LogP contribution < -0.4 is 0 Å². The number of aliphatic hydroxyl groups excluding tert-OH is 1. The lowest BCUT2D eigenvalue weighted by Crippen LogP contribution is -2.45. The average Bonchev–Trinajstić information content (AvgIpc) is 3.03. The van der Waals surface area contributed by atoms with Crippen molar-refractivity contribution < 1.29 is 14.7 Å². The maximum absolute atomic E-state index is 12.5. The highest BCUT2D eigenvalue weighted by Gasteiger charge is 2.55. The van der Waals surface area contributed by atoms with Crippen LogP contribution in [0, 0.1) is 23.7 Å². The van der Waals surface area contributed by atoms with Crippen LogP contribution in [0.4, 0.5) is 0 Å². The molecule has 0 aromatic carbocycles. The van der Waals surface area contributed by atoms with E-state index >= 15 is 0 Å². The fraction of sp³-hybridized carbons (Fsp3) is 0.600. The molecule has 6 atom stereocenters. The summed E-state index contributed by atoms with van der Waals surface area (Å²) in [6, 6.07) is 0.0285. The predicted octanol–water partition coefficient (Wildman–Crippen LogP) is 0.873. The molecule has 2 amide bonds. The fourth-order valence-electron chi connectivity index (χ4n) is 4.37. The van der Waals surface area contributed by atoms with Gasteiger partial charge in [-0.1, -0.05) is 24.3 Å². The Bertz CT molecular complexity index is 478. The number of rotatable bonds is 1. The minimum atomic E-state index is -0.290. The van der Waals surface area contributed by atoms with Gasteiger partial charge in [-0.05, 0) is 31.1 Å². The molecule has 0 aromatic heterocycles. The normalized spacial score (nSPS) is 47.3. The molecule has 1 aliphatic heterocycles. The molecule has 0 radical (unpaired) electrons. The van der Waals surface area contributed by atoms with Crippen LogP contribution in [0.1, 0.15) is 19.3 Å². The van der Waals surface area contributed by atoms with Crippen LogP contribution in [0.3, 0.4) is 0 Å². The van der Waals surface area contributed by atoms with E-state index in [1.165, 1.54) is 4.90 Å². The van der Waals surface area contributed by atoms with Crippen molar-refractivity contribution in [1.29, 1.82) is 0 Å². The second-order valence-electron chi connectivity index (χ2n) is 6.23. The van der Waals surface area contributed by atoms with Gasteiger partial charge in [0.1, 0.15) is 0 Å². The van der Waals surface area contributed by atoms with Gasteiger partial charge in [0.05, 0.1) is 17.9 Å². The smallest absolute Gasteiger partial charge is 0.237 e. The van der Waals surface area contributed by atoms with Gasteiger partial charge in [0.15, 0.2) is 0 Å². The lowest BCUT2D eigenvalue weighted by Gasteiger charge is -2.31. The quantitative estimate of drug-likeness (QED) is 0.711. The summed E-state index contributed by atoms with van der Waals surface area (Å²) in [5.41, 5.74) is 0. The molecule has 1 saturated heterocycles. The van der Waals surface area contributed by atoms with E-state index in [2.05, 4.69) is 0 Å². The van der Waals surface area contributed by atoms with E-state index in [9.17, 15) is 14.7 Å². The molecule has 3 fully saturated rings. The Morgan fingerprint density at radius 2 is 1.58 bits per heavy atom. The van der Waals surface area contributed by atoms with Crippen LogP contribution in [0.2, 0.25) is 0 Å². The molecule has 1 N–H and O–H groups in total. The van der Waals surface area contributed by atoms with Crippen molar-refractivity contribution in [2.45, 2.75) is 31.4 Å². The maximum atomic E-state index is 12.5. The number of allylic oxidation sites excluding steroid dienone is 2. The summed E-state index contributed by atoms with van der Waals surface area (Å²) in [5, 5.41) is 9.81. The standard InChI is InChI=1S/C15H17NO3/c17-13-7-8-5-9(13)6-12(8)16-14(18)10-3-1-2-4-11(10)15(16)19/h1-4,8-13,17H,5-7H2. The van der Waals surface area contributed by atoms with Crippen molar-refractivity contribution in [2.75, 3.05) is 0 Å². The van der Waals surface area contributed by atoms with Crippen LogP contribution in [0.5, 0.6) is 0 Å². The van der Waals surface area contributed by atoms with E-state index in [0.29, 0.717) is 5.92 Å². The maximum Gasteiger partial charge on any atom is 0.237 e. The number of amides is 2. The van der Waals surface area contributed by atoms with Crippen LogP contribution >= 0.6 is 0 Å². The van der Waals surface area contributed by atoms with Gasteiger partial charge in [-0.25, -0.2) is 0 Å². The first-order valence-electron chi connectivity index (χ1n) is 7.07. The topological polar surface area (TPSA) is 57.6 Å². The van der Waals surface area contributed by atoms with Gasteiger partial charge < -0.3 is 5.11 Å². The van der Waals surface area contributed by atoms with Gasteiger partial charge in [0.25, 0.3) is 0 Å². The van der Waals surface area contributed by atoms with E-state index in [1.54, 1.807) is 0 Å². The first-order valence-corrected chi connectivity index (χ1v) is 7.07. The van der Waals surface area contributed by atoms with Crippen molar-refractivity contribution >= 4 is 11.8 Å². The van der Waals surface area contributed by atoms with Crippen LogP contribution in [-0.2, 0) is 9.59 Å². The minimum absolute atomic E-state index is 0.0285. The molecule has 6 unspecified atom stereocenters. The van der Waals surface area contributed by atoms with Crippen molar-refractivity contribution in [3.05, 3.63) is 24.3 Å². The third-order valence-corrected chi connectivity index (χ3v) is 5.29. The molecule has 19 heavy (non-hydrogen) atoms. The summed E-state index contributed by atoms with van der Waals surface area (Å²) in [4.78, 5) is 26.4. The van der Waals surface area contributed by atoms with Gasteiger partial charge in [-0.15, -0.1) is 0 Å². The second kappa shape index (κ2) is 3.79. The molecule has 4 nitrogen and oxygen atoms in total. The van der Waals surface area contributed by atoms with Crippen molar-refractivity contribution in [3.8, 4) is 0 Å². The zero-order valence-electron chi connectivity index (χ0n) is 10.6. The van der Waals surface area contributed by atoms with E-state index in [-0.39, 0.29) is 41.7 Å². The highest BCUT2D eigenvalue weighted by Crippen LogP contribution is 2.49. The molecule has 4 rings (SSSR count). The number of imide groups is 1. The molecule has 0 aromatic rings. The van der Waals surface area contributed by atoms with Crippen molar-refractivity contribution in [3.63, 3.8) is 0 Å². The SMILES string of the molecule is O=C1C2C=CC=CC2C(=O)N1C1CC2CC1CC2O. The second-order valence-corrected chi connectivity index (χ2v) is 6.23. The Morgan fingerprint density at radius 3 is 2.05 bits per heavy atom. The summed E-state index contributed by atoms with van der Waals surface area (Å²) >= 11 is 0. The summed E-state index contributed by atoms with van der Waals surface area (Å²) < 4.78 is 0. The molecule has 3 aliphatic carbocycles. The number of hydrogen-bond donors (Lipinski definition) is 1. The number of nitrogens with zero attached hydrogens (tertiary/aromatic N) is 1. The molecule has 100 valence electrons. The Hall–Kier alpha value is -1.42. The summed E-state index contributed by atoms with van der Waals surface area (Å²) in [6.07, 6.45) is 9.64. The molecular formula is C15H17NO3. The molecule has 1 heterocycles. The van der Waals surface area contributed by atoms with E-state index in [1.807, 2.05) is 24.3 Å². The zero-order valence-corrected chi connectivity index (χ0v) is 10.6. The number of hydrogen-bond acceptors (Lipinski definition) is 3. The number of likely N-dealkylation sites (tertiary alicyclic amines) is 1. The predicted molar refractivity (Wildman–Crippen MR) is 67.7 cm³/mol. The first-order chi connectivity index (χ1) is 9.16. The number of fused-ring (bicyclic) bond motifs is 3. The van der Waals surface area contributed by atoms with Crippen LogP contribution in [-0.4, -0.2) is 34.0 Å². The zero-order chi connectivity index (χ0) is 13.1. The molecule has 2 saturated carbocycles. The van der Waals surface area contributed by atoms with Gasteiger partial charge in [-0.3, -0.25) is 14.5 Å². The van der Waals surface area contributed by atoms with E-state index < -0.39 is 0 Å². The van der Waals surface area contributed by atoms with Gasteiger partial charge in [-0.2, -0.15) is 0 Å². The summed E-state index contributed by atoms with van der Waals surface area (Å²) in [5.74, 6) is -0.0706.